The van der Waals surface area contributed by atoms with Crippen LogP contribution in [0.15, 0.2) is 46.9 Å². The topological polar surface area (TPSA) is 70.1 Å². The number of nitrogens with zero attached hydrogens (tertiary/aromatic N) is 2. The van der Waals surface area contributed by atoms with Gasteiger partial charge in [0.1, 0.15) is 5.82 Å². The van der Waals surface area contributed by atoms with Gasteiger partial charge in [-0.1, -0.05) is 12.1 Å². The minimum Gasteiger partial charge on any atom is -0.384 e. The summed E-state index contributed by atoms with van der Waals surface area (Å²) in [4.78, 5) is 13.7. The maximum Gasteiger partial charge on any atom is 0.418 e. The van der Waals surface area contributed by atoms with Crippen molar-refractivity contribution >= 4 is 11.5 Å². The van der Waals surface area contributed by atoms with Crippen LogP contribution in [0.5, 0.6) is 0 Å². The third-order valence-corrected chi connectivity index (χ3v) is 5.90. The molecular formula is C23H13F8N3O. The lowest BCUT2D eigenvalue weighted by atomic mass is 9.75. The van der Waals surface area contributed by atoms with E-state index in [-0.39, 0.29) is 25.0 Å². The predicted octanol–water partition coefficient (Wildman–Crippen LogP) is 5.71. The van der Waals surface area contributed by atoms with Gasteiger partial charge in [0.05, 0.1) is 28.8 Å². The molecule has 12 heteroatoms. The number of carbonyl (C=O) groups is 1. The molecular weight excluding hydrogens is 486 g/mol. The number of hydrogen-bond acceptors (Lipinski definition) is 4. The molecule has 0 fully saturated rings. The predicted molar refractivity (Wildman–Crippen MR) is 106 cm³/mol. The molecule has 1 aliphatic carbocycles. The molecule has 0 spiro atoms. The highest BCUT2D eigenvalue weighted by atomic mass is 19.4. The van der Waals surface area contributed by atoms with E-state index in [1.54, 1.807) is 0 Å². The smallest absolute Gasteiger partial charge is 0.384 e. The number of nitrogens with two attached hydrogens (primary N) is 1. The van der Waals surface area contributed by atoms with Crippen molar-refractivity contribution in [3.63, 3.8) is 0 Å². The zero-order chi connectivity index (χ0) is 25.8. The van der Waals surface area contributed by atoms with Crippen molar-refractivity contribution < 1.29 is 39.9 Å². The molecule has 0 amide bonds. The number of alkyl halides is 3. The summed E-state index contributed by atoms with van der Waals surface area (Å²) in [6, 6.07) is 5.59. The second-order valence-corrected chi connectivity index (χ2v) is 7.81. The highest BCUT2D eigenvalue weighted by Gasteiger charge is 2.46. The van der Waals surface area contributed by atoms with Gasteiger partial charge in [-0.3, -0.25) is 9.69 Å². The number of ketones is 1. The molecule has 4 nitrogen and oxygen atoms in total. The van der Waals surface area contributed by atoms with Crippen LogP contribution in [0.1, 0.15) is 36.3 Å². The number of anilines is 1. The van der Waals surface area contributed by atoms with Crippen molar-refractivity contribution in [1.29, 1.82) is 5.26 Å². The molecule has 2 aromatic carbocycles. The third-order valence-electron chi connectivity index (χ3n) is 5.90. The lowest BCUT2D eigenvalue weighted by molar-refractivity contribution is -0.137. The molecule has 1 aliphatic heterocycles. The Morgan fingerprint density at radius 1 is 0.943 bits per heavy atom. The van der Waals surface area contributed by atoms with Crippen molar-refractivity contribution in [3.05, 3.63) is 87.1 Å². The van der Waals surface area contributed by atoms with Crippen LogP contribution in [0, 0.1) is 40.4 Å². The molecule has 2 aromatic rings. The van der Waals surface area contributed by atoms with Crippen LogP contribution >= 0.6 is 0 Å². The van der Waals surface area contributed by atoms with Crippen molar-refractivity contribution in [2.75, 3.05) is 4.90 Å². The van der Waals surface area contributed by atoms with E-state index in [2.05, 4.69) is 0 Å². The van der Waals surface area contributed by atoms with E-state index in [1.807, 2.05) is 0 Å². The normalized spacial score (nSPS) is 18.7. The summed E-state index contributed by atoms with van der Waals surface area (Å²) in [5, 5.41) is 9.76. The number of allylic oxidation sites excluding steroid dienone is 3. The molecule has 1 unspecified atom stereocenters. The Hall–Kier alpha value is -3.88. The fourth-order valence-corrected chi connectivity index (χ4v) is 4.43. The molecule has 2 aliphatic rings. The number of nitriles is 1. The summed E-state index contributed by atoms with van der Waals surface area (Å²) in [7, 11) is 0. The Balaban J connectivity index is 2.09. The van der Waals surface area contributed by atoms with Crippen molar-refractivity contribution in [2.45, 2.75) is 31.4 Å². The second-order valence-electron chi connectivity index (χ2n) is 7.81. The first-order valence-electron chi connectivity index (χ1n) is 10.0. The van der Waals surface area contributed by atoms with E-state index in [4.69, 9.17) is 5.73 Å². The van der Waals surface area contributed by atoms with Gasteiger partial charge in [0, 0.05) is 23.3 Å². The molecule has 4 rings (SSSR count). The lowest BCUT2D eigenvalue weighted by Crippen LogP contribution is -2.40. The molecule has 1 heterocycles. The number of rotatable bonds is 2. The summed E-state index contributed by atoms with van der Waals surface area (Å²) in [5.41, 5.74) is 1.19. The van der Waals surface area contributed by atoms with E-state index in [0.29, 0.717) is 0 Å². The number of Topliss-reactive ketones (excluding diaryl/α,β-unsaturated/α-hetero) is 1. The number of hydrogen-bond donors (Lipinski definition) is 1. The first-order chi connectivity index (χ1) is 16.4. The Morgan fingerprint density at radius 3 is 2.09 bits per heavy atom. The van der Waals surface area contributed by atoms with Crippen LogP contribution in [0.3, 0.4) is 0 Å². The SMILES string of the molecule is N#CC1=C(N)N(c2ccccc2C(F)(F)F)C2=C(C(=O)CCC2)C1c1c(F)c(F)c(F)c(F)c1F. The maximum absolute atomic E-state index is 14.8. The summed E-state index contributed by atoms with van der Waals surface area (Å²) in [6.45, 7) is 0. The Labute approximate surface area is 192 Å². The van der Waals surface area contributed by atoms with Crippen molar-refractivity contribution in [1.82, 2.24) is 0 Å². The minimum absolute atomic E-state index is 0.112. The lowest BCUT2D eigenvalue weighted by Gasteiger charge is -2.40. The van der Waals surface area contributed by atoms with Crippen LogP contribution in [0.2, 0.25) is 0 Å². The molecule has 35 heavy (non-hydrogen) atoms. The van der Waals surface area contributed by atoms with Gasteiger partial charge in [-0.2, -0.15) is 18.4 Å². The highest BCUT2D eigenvalue weighted by molar-refractivity contribution is 6.01. The first-order valence-corrected chi connectivity index (χ1v) is 10.0. The van der Waals surface area contributed by atoms with Gasteiger partial charge in [0.2, 0.25) is 5.82 Å². The monoisotopic (exact) mass is 499 g/mol. The third kappa shape index (κ3) is 3.62. The Morgan fingerprint density at radius 2 is 1.51 bits per heavy atom. The highest BCUT2D eigenvalue weighted by Crippen LogP contribution is 2.49. The second kappa shape index (κ2) is 8.41. The average molecular weight is 499 g/mol. The van der Waals surface area contributed by atoms with E-state index >= 15 is 0 Å². The minimum atomic E-state index is -4.89. The van der Waals surface area contributed by atoms with Gasteiger partial charge < -0.3 is 5.73 Å². The Kier molecular flexibility index (Phi) is 5.82. The molecule has 182 valence electrons. The quantitative estimate of drug-likeness (QED) is 0.327. The van der Waals surface area contributed by atoms with Crippen LogP contribution in [0.25, 0.3) is 0 Å². The van der Waals surface area contributed by atoms with E-state index in [0.717, 1.165) is 23.1 Å². The largest absolute Gasteiger partial charge is 0.418 e. The molecule has 2 N–H and O–H groups in total. The first kappa shape index (κ1) is 24.3. The fourth-order valence-electron chi connectivity index (χ4n) is 4.43. The average Bonchev–Trinajstić information content (AvgIpc) is 2.81. The molecule has 0 aromatic heterocycles. The maximum atomic E-state index is 14.8. The molecule has 0 bridgehead atoms. The number of para-hydroxylation sites is 1. The van der Waals surface area contributed by atoms with E-state index < -0.39 is 80.7 Å². The van der Waals surface area contributed by atoms with Gasteiger partial charge in [-0.05, 0) is 25.0 Å². The Bertz CT molecular complexity index is 1340. The molecule has 0 radical (unpaired) electrons. The summed E-state index contributed by atoms with van der Waals surface area (Å²) >= 11 is 0. The number of benzene rings is 2. The van der Waals surface area contributed by atoms with Gasteiger partial charge >= 0.3 is 6.18 Å². The molecule has 0 saturated carbocycles. The zero-order valence-electron chi connectivity index (χ0n) is 17.4. The van der Waals surface area contributed by atoms with Crippen LogP contribution < -0.4 is 10.6 Å². The van der Waals surface area contributed by atoms with E-state index in [1.165, 1.54) is 12.1 Å². The standard InChI is InChI=1S/C23H13F8N3O/c24-17-16(18(25)20(27)21(28)19(17)26)14-9(8-32)22(33)34(12-6-3-7-13(35)15(12)14)11-5-2-1-4-10(11)23(29,30)31/h1-2,4-5,14H,3,6-7,33H2. The van der Waals surface area contributed by atoms with Crippen molar-refractivity contribution in [3.8, 4) is 6.07 Å². The summed E-state index contributed by atoms with van der Waals surface area (Å²) < 4.78 is 112. The summed E-state index contributed by atoms with van der Waals surface area (Å²) in [6.07, 6.45) is -5.11. The number of halogens is 8. The van der Waals surface area contributed by atoms with Gasteiger partial charge in [-0.15, -0.1) is 0 Å². The zero-order valence-corrected chi connectivity index (χ0v) is 17.4. The van der Waals surface area contributed by atoms with Gasteiger partial charge in [-0.25, -0.2) is 22.0 Å². The van der Waals surface area contributed by atoms with Gasteiger partial charge in [0.15, 0.2) is 29.1 Å². The van der Waals surface area contributed by atoms with Crippen molar-refractivity contribution in [2.24, 2.45) is 5.73 Å². The van der Waals surface area contributed by atoms with Crippen LogP contribution in [0.4, 0.5) is 40.8 Å². The van der Waals surface area contributed by atoms with E-state index in [9.17, 15) is 45.2 Å². The molecule has 1 atom stereocenters. The summed E-state index contributed by atoms with van der Waals surface area (Å²) in [5.74, 6) is -15.3. The van der Waals surface area contributed by atoms with Crippen LogP contribution in [-0.2, 0) is 11.0 Å². The fraction of sp³-hybridized carbons (Fsp3) is 0.217. The number of carbonyl (C=O) groups excluding carboxylic acids is 1. The van der Waals surface area contributed by atoms with Gasteiger partial charge in [0.25, 0.3) is 0 Å². The van der Waals surface area contributed by atoms with Crippen LogP contribution in [-0.4, -0.2) is 5.78 Å². The molecule has 0 saturated heterocycles.